The number of hydrogen-bond acceptors (Lipinski definition) is 6. The predicted molar refractivity (Wildman–Crippen MR) is 187 cm³/mol. The molecule has 0 radical (unpaired) electrons. The van der Waals surface area contributed by atoms with Gasteiger partial charge in [0.2, 0.25) is 5.91 Å². The summed E-state index contributed by atoms with van der Waals surface area (Å²) in [6.07, 6.45) is 17.3. The van der Waals surface area contributed by atoms with Crippen LogP contribution in [0.2, 0.25) is 0 Å². The maximum atomic E-state index is 13.2. The van der Waals surface area contributed by atoms with Crippen molar-refractivity contribution in [3.05, 3.63) is 47.7 Å². The number of amides is 2. The first-order valence-electron chi connectivity index (χ1n) is 17.8. The van der Waals surface area contributed by atoms with Crippen molar-refractivity contribution in [3.63, 3.8) is 0 Å². The van der Waals surface area contributed by atoms with Gasteiger partial charge in [-0.3, -0.25) is 9.59 Å². The number of allylic oxidation sites excluding steroid dienone is 2. The lowest BCUT2D eigenvalue weighted by Crippen LogP contribution is -2.54. The molecule has 1 aromatic heterocycles. The number of aromatic nitrogens is 1. The minimum atomic E-state index is -1.17. The Morgan fingerprint density at radius 1 is 1.08 bits per heavy atom. The maximum Gasteiger partial charge on any atom is 0.326 e. The highest BCUT2D eigenvalue weighted by molar-refractivity contribution is 5.96. The summed E-state index contributed by atoms with van der Waals surface area (Å²) < 4.78 is 0. The molecule has 0 aliphatic heterocycles. The number of fused-ring (bicyclic) bond motifs is 6. The molecule has 5 N–H and O–H groups in total. The zero-order valence-electron chi connectivity index (χ0n) is 29.1. The van der Waals surface area contributed by atoms with Crippen molar-refractivity contribution < 1.29 is 29.4 Å². The van der Waals surface area contributed by atoms with Gasteiger partial charge in [0.25, 0.3) is 5.91 Å². The summed E-state index contributed by atoms with van der Waals surface area (Å²) in [7, 11) is 0. The Morgan fingerprint density at radius 3 is 2.57 bits per heavy atom. The number of carbonyl (C=O) groups is 3. The van der Waals surface area contributed by atoms with Crippen LogP contribution in [0, 0.1) is 46.8 Å². The maximum absolute atomic E-state index is 13.2. The topological polar surface area (TPSA) is 153 Å². The van der Waals surface area contributed by atoms with Gasteiger partial charge in [-0.2, -0.15) is 0 Å². The molecule has 0 spiro atoms. The highest BCUT2D eigenvalue weighted by atomic mass is 16.6. The van der Waals surface area contributed by atoms with E-state index in [1.54, 1.807) is 20.0 Å². The Balaban J connectivity index is 1.04. The molecule has 2 aromatic rings. The summed E-state index contributed by atoms with van der Waals surface area (Å²) in [5.74, 6) is 1.76. The Bertz CT molecular complexity index is 1720. The first-order valence-corrected chi connectivity index (χ1v) is 17.8. The fourth-order valence-electron chi connectivity index (χ4n) is 9.80. The number of H-pyrrole nitrogens is 1. The average molecular weight is 671 g/mol. The Labute approximate surface area is 288 Å². The van der Waals surface area contributed by atoms with Crippen LogP contribution in [0.1, 0.15) is 84.6 Å². The number of terminal acetylenes is 1. The highest BCUT2D eigenvalue weighted by Crippen LogP contribution is 2.67. The zero-order chi connectivity index (χ0) is 35.1. The van der Waals surface area contributed by atoms with Crippen molar-refractivity contribution in [2.45, 2.75) is 103 Å². The van der Waals surface area contributed by atoms with Gasteiger partial charge in [-0.1, -0.05) is 62.5 Å². The number of carboxylic acid groups (broad SMARTS) is 1. The molecule has 6 rings (SSSR count). The summed E-state index contributed by atoms with van der Waals surface area (Å²) in [5, 5.41) is 31.7. The number of nitrogens with zero attached hydrogens (tertiary/aromatic N) is 1. The van der Waals surface area contributed by atoms with Gasteiger partial charge >= 0.3 is 5.97 Å². The van der Waals surface area contributed by atoms with E-state index in [4.69, 9.17) is 11.3 Å². The molecule has 10 heteroatoms. The van der Waals surface area contributed by atoms with E-state index in [9.17, 15) is 24.6 Å². The van der Waals surface area contributed by atoms with E-state index in [1.807, 2.05) is 24.3 Å². The Morgan fingerprint density at radius 2 is 1.84 bits per heavy atom. The van der Waals surface area contributed by atoms with Gasteiger partial charge in [0.1, 0.15) is 17.7 Å². The molecule has 0 bridgehead atoms. The van der Waals surface area contributed by atoms with Crippen LogP contribution in [-0.4, -0.2) is 63.0 Å². The van der Waals surface area contributed by atoms with Crippen LogP contribution < -0.4 is 10.6 Å². The number of rotatable bonds is 10. The minimum absolute atomic E-state index is 0.0668. The van der Waals surface area contributed by atoms with E-state index in [0.717, 1.165) is 67.1 Å². The first kappa shape index (κ1) is 34.8. The monoisotopic (exact) mass is 670 g/mol. The largest absolute Gasteiger partial charge is 0.480 e. The fraction of sp³-hybridized carbons (Fsp3) is 0.590. The number of aromatic amines is 1. The van der Waals surface area contributed by atoms with E-state index < -0.39 is 35.5 Å². The number of aliphatic hydroxyl groups is 1. The highest BCUT2D eigenvalue weighted by Gasteiger charge is 2.63. The van der Waals surface area contributed by atoms with Crippen LogP contribution in [0.4, 0.5) is 0 Å². The number of carbonyl (C=O) groups excluding carboxylic acids is 2. The molecule has 1 aromatic carbocycles. The van der Waals surface area contributed by atoms with Crippen LogP contribution in [0.25, 0.3) is 10.9 Å². The molecule has 8 atom stereocenters. The SMILES string of the molecule is C#C[C@@]1(O)CC[C@H]2[C@@H]3CCC4=C/C(=N/OCC(=O)N[C@@H](C(=O)N[C@@H](Cc5c[nH]c6ccccc56)C(=O)O)C(C)C)CC[C@]4(C)[C@H]3CC[C@@]21C. The second kappa shape index (κ2) is 13.3. The number of hydrogen-bond donors (Lipinski definition) is 5. The van der Waals surface area contributed by atoms with Gasteiger partial charge in [-0.25, -0.2) is 4.79 Å². The van der Waals surface area contributed by atoms with Crippen LogP contribution >= 0.6 is 0 Å². The summed E-state index contributed by atoms with van der Waals surface area (Å²) in [4.78, 5) is 46.9. The lowest BCUT2D eigenvalue weighted by molar-refractivity contribution is -0.142. The van der Waals surface area contributed by atoms with Crippen LogP contribution in [0.5, 0.6) is 0 Å². The molecule has 3 fully saturated rings. The van der Waals surface area contributed by atoms with E-state index in [-0.39, 0.29) is 29.8 Å². The van der Waals surface area contributed by atoms with Crippen molar-refractivity contribution in [1.82, 2.24) is 15.6 Å². The van der Waals surface area contributed by atoms with Crippen LogP contribution in [-0.2, 0) is 25.6 Å². The molecular weight excluding hydrogens is 620 g/mol. The van der Waals surface area contributed by atoms with Gasteiger partial charge < -0.3 is 30.7 Å². The molecule has 4 aliphatic rings. The first-order chi connectivity index (χ1) is 23.3. The van der Waals surface area contributed by atoms with E-state index in [1.165, 1.54) is 5.57 Å². The number of para-hydroxylation sites is 1. The molecule has 4 aliphatic carbocycles. The van der Waals surface area contributed by atoms with Gasteiger partial charge in [-0.05, 0) is 98.2 Å². The number of oxime groups is 1. The lowest BCUT2D eigenvalue weighted by atomic mass is 9.46. The normalized spacial score (nSPS) is 32.6. The Kier molecular flexibility index (Phi) is 9.44. The second-order valence-electron chi connectivity index (χ2n) is 15.6. The summed E-state index contributed by atoms with van der Waals surface area (Å²) in [5.41, 5.74) is 2.70. The van der Waals surface area contributed by atoms with Crippen molar-refractivity contribution in [3.8, 4) is 12.3 Å². The quantitative estimate of drug-likeness (QED) is 0.175. The molecule has 3 saturated carbocycles. The molecular formula is C39H50N4O6. The summed E-state index contributed by atoms with van der Waals surface area (Å²) >= 11 is 0. The molecule has 262 valence electrons. The molecule has 1 heterocycles. The van der Waals surface area contributed by atoms with E-state index >= 15 is 0 Å². The second-order valence-corrected chi connectivity index (χ2v) is 15.6. The number of carboxylic acids is 1. The standard InChI is InChI=1S/C39H50N4O6/c1-6-39(48)18-15-30-28-12-11-25-20-26(13-16-37(25,4)29(28)14-17-38(30,39)5)43-49-22-33(44)42-34(23(2)3)35(45)41-32(36(46)47)19-24-21-40-31-10-8-7-9-27(24)31/h1,7-10,20-21,23,28-30,32,34,40,48H,11-19,22H2,2-5H3,(H,41,45)(H,42,44)(H,46,47)/b43-26+/t28-,29+,30+,32+,34-,37+,38+,39-/m1/s1. The van der Waals surface area contributed by atoms with Gasteiger partial charge in [0.15, 0.2) is 6.61 Å². The van der Waals surface area contributed by atoms with Crippen molar-refractivity contribution in [2.75, 3.05) is 6.61 Å². The third-order valence-electron chi connectivity index (χ3n) is 12.7. The smallest absolute Gasteiger partial charge is 0.326 e. The molecule has 10 nitrogen and oxygen atoms in total. The van der Waals surface area contributed by atoms with Gasteiger partial charge in [0.05, 0.1) is 5.71 Å². The lowest BCUT2D eigenvalue weighted by Gasteiger charge is -2.58. The Hall–Kier alpha value is -4.10. The molecule has 2 amide bonds. The van der Waals surface area contributed by atoms with Crippen molar-refractivity contribution in [1.29, 1.82) is 0 Å². The molecule has 0 unspecified atom stereocenters. The van der Waals surface area contributed by atoms with Crippen molar-refractivity contribution in [2.24, 2.45) is 39.7 Å². The minimum Gasteiger partial charge on any atom is -0.480 e. The fourth-order valence-corrected chi connectivity index (χ4v) is 9.80. The average Bonchev–Trinajstić information content (AvgIpc) is 3.60. The third kappa shape index (κ3) is 6.27. The van der Waals surface area contributed by atoms with Crippen LogP contribution in [0.15, 0.2) is 47.3 Å². The van der Waals surface area contributed by atoms with Gasteiger partial charge in [0, 0.05) is 28.9 Å². The van der Waals surface area contributed by atoms with Crippen molar-refractivity contribution >= 4 is 34.4 Å². The third-order valence-corrected chi connectivity index (χ3v) is 12.7. The summed E-state index contributed by atoms with van der Waals surface area (Å²) in [6, 6.07) is 5.45. The number of nitrogens with one attached hydrogen (secondary N) is 3. The molecule has 0 saturated heterocycles. The number of benzene rings is 1. The molecule has 49 heavy (non-hydrogen) atoms. The predicted octanol–water partition coefficient (Wildman–Crippen LogP) is 5.12. The van der Waals surface area contributed by atoms with Gasteiger partial charge in [-0.15, -0.1) is 6.42 Å². The van der Waals surface area contributed by atoms with E-state index in [0.29, 0.717) is 24.2 Å². The number of aliphatic carboxylic acids is 1. The van der Waals surface area contributed by atoms with Crippen LogP contribution in [0.3, 0.4) is 0 Å². The zero-order valence-corrected chi connectivity index (χ0v) is 29.1. The van der Waals surface area contributed by atoms with E-state index in [2.05, 4.69) is 46.6 Å². The summed E-state index contributed by atoms with van der Waals surface area (Å²) in [6.45, 7) is 7.81.